The van der Waals surface area contributed by atoms with Gasteiger partial charge in [-0.25, -0.2) is 9.48 Å². The number of anilines is 1. The maximum absolute atomic E-state index is 13.1. The highest BCUT2D eigenvalue weighted by molar-refractivity contribution is 7.86. The predicted molar refractivity (Wildman–Crippen MR) is 155 cm³/mol. The second kappa shape index (κ2) is 12.4. The van der Waals surface area contributed by atoms with Crippen molar-refractivity contribution in [2.75, 3.05) is 11.6 Å². The van der Waals surface area contributed by atoms with Crippen molar-refractivity contribution in [1.29, 1.82) is 0 Å². The molecule has 2 heterocycles. The summed E-state index contributed by atoms with van der Waals surface area (Å²) in [7, 11) is -8.84. The summed E-state index contributed by atoms with van der Waals surface area (Å²) in [6.07, 6.45) is 8.23. The number of hydrogen-bond acceptors (Lipinski definition) is 9. The van der Waals surface area contributed by atoms with Gasteiger partial charge in [-0.2, -0.15) is 26.9 Å². The van der Waals surface area contributed by atoms with Crippen molar-refractivity contribution < 1.29 is 40.3 Å². The molecule has 4 rings (SSSR count). The van der Waals surface area contributed by atoms with E-state index in [-0.39, 0.29) is 50.5 Å². The van der Waals surface area contributed by atoms with Crippen LogP contribution < -0.4 is 15.3 Å². The fourth-order valence-electron chi connectivity index (χ4n) is 3.83. The van der Waals surface area contributed by atoms with Crippen LogP contribution in [0.3, 0.4) is 0 Å². The summed E-state index contributed by atoms with van der Waals surface area (Å²) in [4.78, 5) is 36.4. The summed E-state index contributed by atoms with van der Waals surface area (Å²) in [6.45, 7) is 1.95. The molecule has 0 radical (unpaired) electrons. The van der Waals surface area contributed by atoms with Gasteiger partial charge in [0.25, 0.3) is 31.7 Å². The number of benzene rings is 2. The number of amides is 1. The molecule has 16 heteroatoms. The maximum atomic E-state index is 13.1. The molecule has 0 bridgehead atoms. The molecule has 0 unspecified atom stereocenters. The van der Waals surface area contributed by atoms with Gasteiger partial charge in [0.1, 0.15) is 17.2 Å². The number of ether oxygens (including phenoxy) is 1. The third-order valence-electron chi connectivity index (χ3n) is 5.80. The van der Waals surface area contributed by atoms with E-state index in [9.17, 15) is 35.8 Å². The topological polar surface area (TPSA) is 206 Å². The summed E-state index contributed by atoms with van der Waals surface area (Å²) in [5, 5.41) is 7.83. The van der Waals surface area contributed by atoms with Crippen LogP contribution in [-0.2, 0) is 29.8 Å². The number of hydrogen-bond donors (Lipinski definition) is 3. The van der Waals surface area contributed by atoms with Gasteiger partial charge in [-0.3, -0.25) is 23.8 Å². The number of aromatic nitrogens is 2. The zero-order valence-electron chi connectivity index (χ0n) is 22.1. The first-order valence-electron chi connectivity index (χ1n) is 12.2. The summed E-state index contributed by atoms with van der Waals surface area (Å²) in [5.41, 5.74) is 0.115. The molecule has 1 amide bonds. The van der Waals surface area contributed by atoms with Crippen molar-refractivity contribution in [3.8, 4) is 11.6 Å². The largest absolute Gasteiger partial charge is 0.478 e. The Hall–Kier alpha value is -5.12. The molecule has 1 aliphatic rings. The molecule has 222 valence electrons. The summed E-state index contributed by atoms with van der Waals surface area (Å²) >= 11 is 0. The number of nitrogens with one attached hydrogen (secondary N) is 1. The molecule has 2 aromatic carbocycles. The van der Waals surface area contributed by atoms with E-state index in [1.165, 1.54) is 54.6 Å². The van der Waals surface area contributed by atoms with Gasteiger partial charge in [0.2, 0.25) is 5.88 Å². The Bertz CT molecular complexity index is 2010. The monoisotopic (exact) mass is 626 g/mol. The lowest BCUT2D eigenvalue weighted by atomic mass is 10.1. The lowest BCUT2D eigenvalue weighted by Gasteiger charge is -2.11. The van der Waals surface area contributed by atoms with Crippen LogP contribution in [0, 0.1) is 0 Å². The van der Waals surface area contributed by atoms with Gasteiger partial charge in [-0.1, -0.05) is 18.2 Å². The lowest BCUT2D eigenvalue weighted by molar-refractivity contribution is -0.114. The second-order valence-electron chi connectivity index (χ2n) is 8.55. The Morgan fingerprint density at radius 2 is 1.49 bits per heavy atom. The summed E-state index contributed by atoms with van der Waals surface area (Å²) in [5.74, 6) is 1.08. The van der Waals surface area contributed by atoms with E-state index in [4.69, 9.17) is 9.29 Å². The number of hydrazone groups is 1. The van der Waals surface area contributed by atoms with Crippen LogP contribution in [0.25, 0.3) is 11.8 Å². The van der Waals surface area contributed by atoms with Crippen LogP contribution in [0.2, 0.25) is 0 Å². The number of nitrogens with zero attached hydrogens (tertiary/aromatic N) is 3. The number of rotatable bonds is 10. The van der Waals surface area contributed by atoms with E-state index in [2.05, 4.69) is 10.2 Å². The minimum absolute atomic E-state index is 0.000319. The first-order valence-corrected chi connectivity index (χ1v) is 15.1. The fraction of sp³-hybridized carbons (Fsp3) is 0.0741. The number of carbonyl (C=O) groups is 1. The van der Waals surface area contributed by atoms with E-state index in [0.29, 0.717) is 0 Å². The zero-order valence-corrected chi connectivity index (χ0v) is 23.7. The fourth-order valence-corrected chi connectivity index (χ4v) is 4.79. The van der Waals surface area contributed by atoms with Crippen molar-refractivity contribution in [2.45, 2.75) is 16.7 Å². The van der Waals surface area contributed by atoms with Crippen LogP contribution >= 0.6 is 0 Å². The molecule has 0 spiro atoms. The molecule has 3 aromatic rings. The number of aromatic amines is 1. The van der Waals surface area contributed by atoms with E-state index in [1.54, 1.807) is 12.9 Å². The van der Waals surface area contributed by atoms with Crippen molar-refractivity contribution in [2.24, 2.45) is 5.10 Å². The molecule has 0 saturated heterocycles. The van der Waals surface area contributed by atoms with Crippen molar-refractivity contribution >= 4 is 49.6 Å². The molecule has 0 fully saturated rings. The molecule has 0 atom stereocenters. The smallest absolute Gasteiger partial charge is 0.294 e. The first-order chi connectivity index (χ1) is 20.3. The SMILES string of the molecule is CCOc1[nH]n(-c2ccc(S(=O)(=O)O)cc2)c(=O)c1C=CC=C/C=C1\C(=O)N(c2ccc(S(=O)(=O)O)cc2)N=C1C=C=O. The van der Waals surface area contributed by atoms with Crippen LogP contribution in [0.15, 0.2) is 104 Å². The van der Waals surface area contributed by atoms with E-state index in [1.807, 2.05) is 0 Å². The maximum Gasteiger partial charge on any atom is 0.294 e. The Labute approximate surface area is 244 Å². The molecule has 0 saturated carbocycles. The van der Waals surface area contributed by atoms with Crippen molar-refractivity contribution in [3.05, 3.63) is 100 Å². The molecule has 0 aliphatic carbocycles. The molecule has 14 nitrogen and oxygen atoms in total. The quantitative estimate of drug-likeness (QED) is 0.130. The number of H-pyrrole nitrogens is 1. The lowest BCUT2D eigenvalue weighted by Crippen LogP contribution is -2.21. The molecule has 43 heavy (non-hydrogen) atoms. The highest BCUT2D eigenvalue weighted by Crippen LogP contribution is 2.25. The van der Waals surface area contributed by atoms with Crippen LogP contribution in [0.5, 0.6) is 5.88 Å². The van der Waals surface area contributed by atoms with E-state index < -0.39 is 31.7 Å². The van der Waals surface area contributed by atoms with Crippen molar-refractivity contribution in [1.82, 2.24) is 9.78 Å². The zero-order chi connectivity index (χ0) is 31.4. The standard InChI is InChI=1S/C27H22N4O10S2/c1-2-41-25-23(27(34)31(29-25)19-10-14-21(15-11-19)43(38,39)40)7-5-3-4-6-22-24(16-17-32)28-30(26(22)33)18-8-12-20(13-9-18)42(35,36)37/h3-16,29H,2H2,1H3,(H,35,36,37)(H,38,39,40)/b4-3?,7-5?,22-6-. The van der Waals surface area contributed by atoms with E-state index >= 15 is 0 Å². The highest BCUT2D eigenvalue weighted by Gasteiger charge is 2.30. The highest BCUT2D eigenvalue weighted by atomic mass is 32.2. The Kier molecular flexibility index (Phi) is 8.89. The van der Waals surface area contributed by atoms with Gasteiger partial charge >= 0.3 is 0 Å². The van der Waals surface area contributed by atoms with Crippen LogP contribution in [0.4, 0.5) is 5.69 Å². The van der Waals surface area contributed by atoms with Gasteiger partial charge < -0.3 is 4.74 Å². The third kappa shape index (κ3) is 6.86. The molecular formula is C27H22N4O10S2. The molecule has 1 aliphatic heterocycles. The third-order valence-corrected chi connectivity index (χ3v) is 7.54. The Morgan fingerprint density at radius 1 is 0.907 bits per heavy atom. The van der Waals surface area contributed by atoms with Gasteiger partial charge in [-0.05, 0) is 67.6 Å². The van der Waals surface area contributed by atoms with Gasteiger partial charge in [0, 0.05) is 0 Å². The molecule has 3 N–H and O–H groups in total. The molecular weight excluding hydrogens is 604 g/mol. The average Bonchev–Trinajstić information content (AvgIpc) is 3.43. The van der Waals surface area contributed by atoms with Crippen molar-refractivity contribution in [3.63, 3.8) is 0 Å². The van der Waals surface area contributed by atoms with Gasteiger partial charge in [0.05, 0.1) is 39.4 Å². The van der Waals surface area contributed by atoms with Crippen LogP contribution in [0.1, 0.15) is 12.5 Å². The van der Waals surface area contributed by atoms with Crippen LogP contribution in [-0.4, -0.2) is 59.9 Å². The average molecular weight is 627 g/mol. The normalized spacial score (nSPS) is 15.0. The predicted octanol–water partition coefficient (Wildman–Crippen LogP) is 2.34. The molecule has 1 aromatic heterocycles. The second-order valence-corrected chi connectivity index (χ2v) is 11.4. The first kappa shape index (κ1) is 30.8. The summed E-state index contributed by atoms with van der Waals surface area (Å²) < 4.78 is 70.1. The minimum atomic E-state index is -4.44. The number of carbonyl (C=O) groups excluding carboxylic acids is 2. The Morgan fingerprint density at radius 3 is 2.02 bits per heavy atom. The van der Waals surface area contributed by atoms with Gasteiger partial charge in [-0.15, -0.1) is 0 Å². The number of allylic oxidation sites excluding steroid dienone is 5. The minimum Gasteiger partial charge on any atom is -0.478 e. The van der Waals surface area contributed by atoms with Gasteiger partial charge in [0.15, 0.2) is 0 Å². The van der Waals surface area contributed by atoms with E-state index in [0.717, 1.165) is 40.0 Å². The Balaban J connectivity index is 1.58. The summed E-state index contributed by atoms with van der Waals surface area (Å²) in [6, 6.07) is 9.64.